The second-order valence-electron chi connectivity index (χ2n) is 6.33. The van der Waals surface area contributed by atoms with E-state index in [1.54, 1.807) is 0 Å². The summed E-state index contributed by atoms with van der Waals surface area (Å²) in [5.41, 5.74) is 0. The SMILES string of the molecule is CCCCCCCCCCCCCCCCCC=CC=N. The maximum Gasteiger partial charge on any atom is 0.0174 e. The number of hydrogen-bond donors (Lipinski definition) is 1. The van der Waals surface area contributed by atoms with Gasteiger partial charge in [-0.3, -0.25) is 0 Å². The van der Waals surface area contributed by atoms with E-state index < -0.39 is 0 Å². The number of nitrogens with one attached hydrogen (secondary N) is 1. The Morgan fingerprint density at radius 3 is 1.33 bits per heavy atom. The molecule has 0 aliphatic heterocycles. The van der Waals surface area contributed by atoms with Gasteiger partial charge in [0.15, 0.2) is 0 Å². The predicted molar refractivity (Wildman–Crippen MR) is 97.5 cm³/mol. The minimum Gasteiger partial charge on any atom is -0.309 e. The zero-order chi connectivity index (χ0) is 15.4. The van der Waals surface area contributed by atoms with Gasteiger partial charge in [-0.15, -0.1) is 0 Å². The molecule has 0 aromatic rings. The summed E-state index contributed by atoms with van der Waals surface area (Å²) in [6.07, 6.45) is 27.8. The largest absolute Gasteiger partial charge is 0.309 e. The highest BCUT2D eigenvalue weighted by atomic mass is 14.3. The van der Waals surface area contributed by atoms with Crippen LogP contribution < -0.4 is 0 Å². The zero-order valence-corrected chi connectivity index (χ0v) is 14.5. The van der Waals surface area contributed by atoms with Crippen molar-refractivity contribution < 1.29 is 0 Å². The Bertz CT molecular complexity index is 220. The van der Waals surface area contributed by atoms with Crippen molar-refractivity contribution in [2.45, 2.75) is 110 Å². The third-order valence-electron chi connectivity index (χ3n) is 4.21. The Morgan fingerprint density at radius 1 is 0.571 bits per heavy atom. The Morgan fingerprint density at radius 2 is 0.952 bits per heavy atom. The molecule has 21 heavy (non-hydrogen) atoms. The summed E-state index contributed by atoms with van der Waals surface area (Å²) in [6, 6.07) is 0. The molecular weight excluding hydrogens is 254 g/mol. The summed E-state index contributed by atoms with van der Waals surface area (Å²) >= 11 is 0. The fourth-order valence-electron chi connectivity index (χ4n) is 2.80. The summed E-state index contributed by atoms with van der Waals surface area (Å²) in [5, 5.41) is 6.88. The first-order chi connectivity index (χ1) is 10.4. The molecule has 0 fully saturated rings. The third kappa shape index (κ3) is 19.4. The van der Waals surface area contributed by atoms with E-state index in [-0.39, 0.29) is 0 Å². The van der Waals surface area contributed by atoms with Crippen LogP contribution in [0.15, 0.2) is 12.2 Å². The molecule has 1 nitrogen and oxygen atoms in total. The van der Waals surface area contributed by atoms with Crippen molar-refractivity contribution in [1.82, 2.24) is 0 Å². The topological polar surface area (TPSA) is 23.9 Å². The van der Waals surface area contributed by atoms with Crippen LogP contribution in [0.25, 0.3) is 0 Å². The minimum atomic E-state index is 1.15. The lowest BCUT2D eigenvalue weighted by molar-refractivity contribution is 0.533. The first kappa shape index (κ1) is 20.4. The molecule has 0 amide bonds. The molecule has 124 valence electrons. The number of hydrogen-bond acceptors (Lipinski definition) is 1. The fraction of sp³-hybridized carbons (Fsp3) is 0.850. The zero-order valence-electron chi connectivity index (χ0n) is 14.5. The highest BCUT2D eigenvalue weighted by Crippen LogP contribution is 2.13. The smallest absolute Gasteiger partial charge is 0.0174 e. The second-order valence-corrected chi connectivity index (χ2v) is 6.33. The summed E-state index contributed by atoms with van der Waals surface area (Å²) in [7, 11) is 0. The van der Waals surface area contributed by atoms with Crippen LogP contribution >= 0.6 is 0 Å². The van der Waals surface area contributed by atoms with Gasteiger partial charge >= 0.3 is 0 Å². The average Bonchev–Trinajstić information content (AvgIpc) is 2.50. The molecule has 1 heteroatoms. The van der Waals surface area contributed by atoms with E-state index in [1.165, 1.54) is 103 Å². The molecule has 0 rings (SSSR count). The Balaban J connectivity index is 2.96. The normalized spacial score (nSPS) is 11.3. The van der Waals surface area contributed by atoms with Gasteiger partial charge in [-0.25, -0.2) is 0 Å². The van der Waals surface area contributed by atoms with Crippen molar-refractivity contribution in [3.05, 3.63) is 12.2 Å². The number of unbranched alkanes of at least 4 members (excludes halogenated alkanes) is 15. The summed E-state index contributed by atoms with van der Waals surface area (Å²) in [4.78, 5) is 0. The van der Waals surface area contributed by atoms with E-state index in [0.29, 0.717) is 0 Å². The molecule has 0 unspecified atom stereocenters. The predicted octanol–water partition coefficient (Wildman–Crippen LogP) is 7.45. The maximum atomic E-state index is 6.88. The molecule has 0 aliphatic carbocycles. The highest BCUT2D eigenvalue weighted by Gasteiger charge is 1.93. The average molecular weight is 294 g/mol. The second kappa shape index (κ2) is 19.4. The summed E-state index contributed by atoms with van der Waals surface area (Å²) in [5.74, 6) is 0. The van der Waals surface area contributed by atoms with E-state index >= 15 is 0 Å². The van der Waals surface area contributed by atoms with Crippen molar-refractivity contribution >= 4 is 6.21 Å². The van der Waals surface area contributed by atoms with Gasteiger partial charge in [0.1, 0.15) is 0 Å². The Labute approximate surface area is 134 Å². The van der Waals surface area contributed by atoms with Gasteiger partial charge in [0.2, 0.25) is 0 Å². The van der Waals surface area contributed by atoms with Crippen molar-refractivity contribution in [2.75, 3.05) is 0 Å². The summed E-state index contributed by atoms with van der Waals surface area (Å²) < 4.78 is 0. The minimum absolute atomic E-state index is 1.15. The molecule has 0 aliphatic rings. The lowest BCUT2D eigenvalue weighted by atomic mass is 10.0. The maximum absolute atomic E-state index is 6.88. The molecular formula is C20H39N. The van der Waals surface area contributed by atoms with Gasteiger partial charge in [0, 0.05) is 6.21 Å². The Kier molecular flexibility index (Phi) is 18.9. The first-order valence-electron chi connectivity index (χ1n) is 9.57. The molecule has 0 spiro atoms. The van der Waals surface area contributed by atoms with Crippen molar-refractivity contribution in [1.29, 1.82) is 5.41 Å². The molecule has 1 N–H and O–H groups in total. The molecule has 0 atom stereocenters. The van der Waals surface area contributed by atoms with Crippen molar-refractivity contribution in [2.24, 2.45) is 0 Å². The van der Waals surface area contributed by atoms with Crippen LogP contribution in [0.5, 0.6) is 0 Å². The van der Waals surface area contributed by atoms with Gasteiger partial charge in [-0.05, 0) is 18.9 Å². The summed E-state index contributed by atoms with van der Waals surface area (Å²) in [6.45, 7) is 2.29. The van der Waals surface area contributed by atoms with E-state index in [2.05, 4.69) is 13.0 Å². The highest BCUT2D eigenvalue weighted by molar-refractivity contribution is 5.67. The van der Waals surface area contributed by atoms with E-state index in [1.807, 2.05) is 6.08 Å². The van der Waals surface area contributed by atoms with Crippen LogP contribution in [-0.4, -0.2) is 6.21 Å². The van der Waals surface area contributed by atoms with Gasteiger partial charge < -0.3 is 5.41 Å². The lowest BCUT2D eigenvalue weighted by Crippen LogP contribution is -1.83. The van der Waals surface area contributed by atoms with Gasteiger partial charge in [-0.1, -0.05) is 103 Å². The lowest BCUT2D eigenvalue weighted by Gasteiger charge is -2.03. The van der Waals surface area contributed by atoms with Gasteiger partial charge in [0.25, 0.3) is 0 Å². The van der Waals surface area contributed by atoms with E-state index in [0.717, 1.165) is 6.42 Å². The Hall–Kier alpha value is -0.590. The van der Waals surface area contributed by atoms with Crippen LogP contribution in [-0.2, 0) is 0 Å². The van der Waals surface area contributed by atoms with Crippen LogP contribution in [0.4, 0.5) is 0 Å². The van der Waals surface area contributed by atoms with Crippen LogP contribution in [0.1, 0.15) is 110 Å². The van der Waals surface area contributed by atoms with Crippen LogP contribution in [0.3, 0.4) is 0 Å². The molecule has 0 bridgehead atoms. The number of rotatable bonds is 17. The van der Waals surface area contributed by atoms with Gasteiger partial charge in [-0.2, -0.15) is 0 Å². The van der Waals surface area contributed by atoms with E-state index in [4.69, 9.17) is 5.41 Å². The van der Waals surface area contributed by atoms with Crippen LogP contribution in [0.2, 0.25) is 0 Å². The monoisotopic (exact) mass is 293 g/mol. The van der Waals surface area contributed by atoms with Crippen LogP contribution in [0, 0.1) is 5.41 Å². The molecule has 0 saturated heterocycles. The van der Waals surface area contributed by atoms with E-state index in [9.17, 15) is 0 Å². The molecule has 0 aromatic heterocycles. The third-order valence-corrected chi connectivity index (χ3v) is 4.21. The van der Waals surface area contributed by atoms with Crippen molar-refractivity contribution in [3.8, 4) is 0 Å². The molecule has 0 heterocycles. The molecule has 0 radical (unpaired) electrons. The fourth-order valence-corrected chi connectivity index (χ4v) is 2.80. The molecule has 0 saturated carbocycles. The van der Waals surface area contributed by atoms with Crippen molar-refractivity contribution in [3.63, 3.8) is 0 Å². The standard InChI is InChI=1S/C20H39N/c1-2-3-4-5-6-7-8-9-10-11-12-13-14-15-16-17-18-19-20-21/h18-21H,2-17H2,1H3. The van der Waals surface area contributed by atoms with Gasteiger partial charge in [0.05, 0.1) is 0 Å². The first-order valence-corrected chi connectivity index (χ1v) is 9.57. The number of allylic oxidation sites excluding steroid dienone is 2. The molecule has 0 aromatic carbocycles. The quantitative estimate of drug-likeness (QED) is 0.213.